The molecule has 92 valence electrons. The molecule has 0 bridgehead atoms. The maximum absolute atomic E-state index is 4.68. The van der Waals surface area contributed by atoms with Gasteiger partial charge in [-0.05, 0) is 31.4 Å². The van der Waals surface area contributed by atoms with Gasteiger partial charge in [0.05, 0.1) is 5.84 Å². The number of hydrogen-bond donors (Lipinski definition) is 1. The molecule has 2 aliphatic rings. The maximum Gasteiger partial charge on any atom is 0.0965 e. The van der Waals surface area contributed by atoms with Gasteiger partial charge in [-0.15, -0.1) is 0 Å². The van der Waals surface area contributed by atoms with E-state index >= 15 is 0 Å². The molecule has 1 N–H and O–H groups in total. The summed E-state index contributed by atoms with van der Waals surface area (Å²) < 4.78 is 0. The van der Waals surface area contributed by atoms with Crippen LogP contribution in [0.5, 0.6) is 0 Å². The van der Waals surface area contributed by atoms with Crippen LogP contribution in [0.2, 0.25) is 0 Å². The molecule has 2 rings (SSSR count). The normalized spacial score (nSPS) is 30.9. The molecule has 1 saturated carbocycles. The van der Waals surface area contributed by atoms with Crippen molar-refractivity contribution < 1.29 is 0 Å². The van der Waals surface area contributed by atoms with Crippen LogP contribution in [0.4, 0.5) is 0 Å². The van der Waals surface area contributed by atoms with Gasteiger partial charge in [0, 0.05) is 24.3 Å². The Bertz CT molecular complexity index is 240. The fourth-order valence-corrected chi connectivity index (χ4v) is 3.91. The molecular formula is C13H24N2S. The highest BCUT2D eigenvalue weighted by Gasteiger charge is 2.27. The van der Waals surface area contributed by atoms with E-state index < -0.39 is 0 Å². The molecule has 0 aromatic heterocycles. The predicted molar refractivity (Wildman–Crippen MR) is 73.5 cm³/mol. The fraction of sp³-hybridized carbons (Fsp3) is 0.923. The Kier molecular flexibility index (Phi) is 5.01. The molecule has 0 amide bonds. The van der Waals surface area contributed by atoms with Crippen LogP contribution in [-0.2, 0) is 0 Å². The molecule has 0 saturated heterocycles. The van der Waals surface area contributed by atoms with Crippen LogP contribution >= 0.6 is 11.8 Å². The molecule has 1 fully saturated rings. The molecule has 0 aromatic carbocycles. The summed E-state index contributed by atoms with van der Waals surface area (Å²) >= 11 is 2.12. The lowest BCUT2D eigenvalue weighted by Gasteiger charge is -2.22. The third-order valence-corrected chi connectivity index (χ3v) is 4.89. The average molecular weight is 240 g/mol. The van der Waals surface area contributed by atoms with Crippen LogP contribution in [0.3, 0.4) is 0 Å². The van der Waals surface area contributed by atoms with E-state index in [0.29, 0.717) is 6.04 Å². The van der Waals surface area contributed by atoms with E-state index in [1.165, 1.54) is 56.5 Å². The standard InChI is InChI=1S/C13H24N2S/c1-2-16-12-8-6-7-11(12)15-13-9-4-3-5-10-14-13/h11-12H,2-10H2,1H3,(H,14,15). The van der Waals surface area contributed by atoms with Crippen LogP contribution < -0.4 is 5.32 Å². The first kappa shape index (κ1) is 12.3. The van der Waals surface area contributed by atoms with E-state index in [1.807, 2.05) is 0 Å². The van der Waals surface area contributed by atoms with Gasteiger partial charge in [0.15, 0.2) is 0 Å². The quantitative estimate of drug-likeness (QED) is 0.819. The molecule has 1 heterocycles. The Hall–Kier alpha value is -0.180. The highest BCUT2D eigenvalue weighted by atomic mass is 32.2. The lowest BCUT2D eigenvalue weighted by Crippen LogP contribution is -2.38. The Morgan fingerprint density at radius 2 is 2.19 bits per heavy atom. The Morgan fingerprint density at radius 3 is 3.06 bits per heavy atom. The summed E-state index contributed by atoms with van der Waals surface area (Å²) in [6.07, 6.45) is 9.27. The zero-order valence-electron chi connectivity index (χ0n) is 10.4. The van der Waals surface area contributed by atoms with E-state index in [-0.39, 0.29) is 0 Å². The molecule has 0 spiro atoms. The summed E-state index contributed by atoms with van der Waals surface area (Å²) in [5, 5.41) is 4.55. The van der Waals surface area contributed by atoms with Crippen LogP contribution in [0.15, 0.2) is 4.99 Å². The van der Waals surface area contributed by atoms with Gasteiger partial charge >= 0.3 is 0 Å². The molecular weight excluding hydrogens is 216 g/mol. The second-order valence-corrected chi connectivity index (χ2v) is 6.33. The molecule has 2 nitrogen and oxygen atoms in total. The second kappa shape index (κ2) is 6.53. The van der Waals surface area contributed by atoms with Crippen molar-refractivity contribution in [2.75, 3.05) is 12.3 Å². The number of hydrogen-bond acceptors (Lipinski definition) is 3. The van der Waals surface area contributed by atoms with E-state index in [9.17, 15) is 0 Å². The van der Waals surface area contributed by atoms with E-state index in [4.69, 9.17) is 0 Å². The maximum atomic E-state index is 4.68. The van der Waals surface area contributed by atoms with Crippen molar-refractivity contribution in [3.63, 3.8) is 0 Å². The third-order valence-electron chi connectivity index (χ3n) is 3.56. The molecule has 16 heavy (non-hydrogen) atoms. The highest BCUT2D eigenvalue weighted by Crippen LogP contribution is 2.30. The number of nitrogens with one attached hydrogen (secondary N) is 1. The minimum absolute atomic E-state index is 0.696. The molecule has 1 aliphatic carbocycles. The van der Waals surface area contributed by atoms with Crippen molar-refractivity contribution in [3.8, 4) is 0 Å². The van der Waals surface area contributed by atoms with Gasteiger partial charge in [0.25, 0.3) is 0 Å². The highest BCUT2D eigenvalue weighted by molar-refractivity contribution is 7.99. The first-order chi connectivity index (χ1) is 7.90. The summed E-state index contributed by atoms with van der Waals surface area (Å²) in [7, 11) is 0. The van der Waals surface area contributed by atoms with E-state index in [2.05, 4.69) is 29.0 Å². The lowest BCUT2D eigenvalue weighted by molar-refractivity contribution is 0.630. The predicted octanol–water partition coefficient (Wildman–Crippen LogP) is 3.22. The first-order valence-electron chi connectivity index (χ1n) is 6.81. The van der Waals surface area contributed by atoms with Crippen LogP contribution in [0.25, 0.3) is 0 Å². The molecule has 3 heteroatoms. The van der Waals surface area contributed by atoms with Crippen molar-refractivity contribution in [3.05, 3.63) is 0 Å². The fourth-order valence-electron chi connectivity index (χ4n) is 2.71. The summed E-state index contributed by atoms with van der Waals surface area (Å²) in [6, 6.07) is 0.696. The molecule has 1 aliphatic heterocycles. The smallest absolute Gasteiger partial charge is 0.0965 e. The van der Waals surface area contributed by atoms with Crippen molar-refractivity contribution in [2.24, 2.45) is 4.99 Å². The lowest BCUT2D eigenvalue weighted by atomic mass is 10.2. The molecule has 0 aromatic rings. The minimum Gasteiger partial charge on any atom is -0.370 e. The molecule has 2 atom stereocenters. The van der Waals surface area contributed by atoms with Crippen LogP contribution in [0.1, 0.15) is 51.9 Å². The summed E-state index contributed by atoms with van der Waals surface area (Å²) in [5.41, 5.74) is 0. The summed E-state index contributed by atoms with van der Waals surface area (Å²) in [6.45, 7) is 3.31. The number of aliphatic imine (C=N–C) groups is 1. The number of amidine groups is 1. The Balaban J connectivity index is 1.85. The number of rotatable bonds is 3. The first-order valence-corrected chi connectivity index (χ1v) is 7.86. The largest absolute Gasteiger partial charge is 0.370 e. The molecule has 2 unspecified atom stereocenters. The van der Waals surface area contributed by atoms with Gasteiger partial charge < -0.3 is 5.32 Å². The van der Waals surface area contributed by atoms with Crippen molar-refractivity contribution in [1.82, 2.24) is 5.32 Å². The zero-order chi connectivity index (χ0) is 11.2. The van der Waals surface area contributed by atoms with Gasteiger partial charge in [0.2, 0.25) is 0 Å². The van der Waals surface area contributed by atoms with E-state index in [0.717, 1.165) is 11.8 Å². The third kappa shape index (κ3) is 3.41. The van der Waals surface area contributed by atoms with Gasteiger partial charge in [0.1, 0.15) is 0 Å². The second-order valence-electron chi connectivity index (χ2n) is 4.81. The SMILES string of the molecule is CCSC1CCCC1NC1=NCCCCC1. The average Bonchev–Trinajstić information content (AvgIpc) is 2.56. The van der Waals surface area contributed by atoms with Crippen molar-refractivity contribution in [2.45, 2.75) is 63.2 Å². The number of thioether (sulfide) groups is 1. The molecule has 0 radical (unpaired) electrons. The Morgan fingerprint density at radius 1 is 1.25 bits per heavy atom. The summed E-state index contributed by atoms with van der Waals surface area (Å²) in [5.74, 6) is 2.54. The Labute approximate surface area is 104 Å². The van der Waals surface area contributed by atoms with Crippen molar-refractivity contribution >= 4 is 17.6 Å². The van der Waals surface area contributed by atoms with Crippen LogP contribution in [0, 0.1) is 0 Å². The van der Waals surface area contributed by atoms with Gasteiger partial charge in [-0.3, -0.25) is 4.99 Å². The van der Waals surface area contributed by atoms with Crippen molar-refractivity contribution in [1.29, 1.82) is 0 Å². The zero-order valence-corrected chi connectivity index (χ0v) is 11.2. The van der Waals surface area contributed by atoms with E-state index in [1.54, 1.807) is 0 Å². The topological polar surface area (TPSA) is 24.4 Å². The van der Waals surface area contributed by atoms with Crippen LogP contribution in [-0.4, -0.2) is 29.4 Å². The minimum atomic E-state index is 0.696. The summed E-state index contributed by atoms with van der Waals surface area (Å²) in [4.78, 5) is 4.68. The number of nitrogens with zero attached hydrogens (tertiary/aromatic N) is 1. The van der Waals surface area contributed by atoms with Gasteiger partial charge in [-0.25, -0.2) is 0 Å². The van der Waals surface area contributed by atoms with Gasteiger partial charge in [-0.1, -0.05) is 19.8 Å². The van der Waals surface area contributed by atoms with Gasteiger partial charge in [-0.2, -0.15) is 11.8 Å². The monoisotopic (exact) mass is 240 g/mol.